The molecular formula is C14H12ClFO2. The van der Waals surface area contributed by atoms with Crippen molar-refractivity contribution < 1.29 is 14.3 Å². The first-order chi connectivity index (χ1) is 8.52. The molecule has 2 nitrogen and oxygen atoms in total. The van der Waals surface area contributed by atoms with Crippen LogP contribution in [0.25, 0.3) is 0 Å². The summed E-state index contributed by atoms with van der Waals surface area (Å²) in [5, 5.41) is 8.34. The lowest BCUT2D eigenvalue weighted by atomic mass is 10.2. The summed E-state index contributed by atoms with van der Waals surface area (Å²) in [5.41, 5.74) is 0.844. The van der Waals surface area contributed by atoms with Gasteiger partial charge < -0.3 is 5.11 Å². The fourth-order valence-electron chi connectivity index (χ4n) is 1.24. The van der Waals surface area contributed by atoms with Gasteiger partial charge in [-0.1, -0.05) is 53.6 Å². The molecule has 0 heterocycles. The Morgan fingerprint density at radius 3 is 2.06 bits per heavy atom. The summed E-state index contributed by atoms with van der Waals surface area (Å²) in [6, 6.07) is 14.0. The van der Waals surface area contributed by atoms with Crippen molar-refractivity contribution in [3.8, 4) is 0 Å². The Morgan fingerprint density at radius 2 is 1.72 bits per heavy atom. The van der Waals surface area contributed by atoms with Crippen LogP contribution in [0.2, 0.25) is 5.02 Å². The maximum Gasteiger partial charge on any atom is 0.340 e. The van der Waals surface area contributed by atoms with E-state index in [0.717, 1.165) is 6.07 Å². The summed E-state index contributed by atoms with van der Waals surface area (Å²) in [6.07, 6.45) is 0. The number of hydrogen-bond acceptors (Lipinski definition) is 1. The van der Waals surface area contributed by atoms with Crippen molar-refractivity contribution in [2.24, 2.45) is 0 Å². The maximum atomic E-state index is 12.6. The van der Waals surface area contributed by atoms with Crippen LogP contribution < -0.4 is 0 Å². The van der Waals surface area contributed by atoms with Crippen molar-refractivity contribution in [1.82, 2.24) is 0 Å². The van der Waals surface area contributed by atoms with Crippen molar-refractivity contribution in [2.45, 2.75) is 6.92 Å². The molecule has 0 radical (unpaired) electrons. The summed E-state index contributed by atoms with van der Waals surface area (Å²) in [4.78, 5) is 10.3. The van der Waals surface area contributed by atoms with Crippen LogP contribution in [-0.4, -0.2) is 11.1 Å². The number of rotatable bonds is 1. The molecule has 4 heteroatoms. The number of benzene rings is 2. The molecule has 94 valence electrons. The van der Waals surface area contributed by atoms with Gasteiger partial charge in [0.2, 0.25) is 0 Å². The Bertz CT molecular complexity index is 506. The molecule has 2 aromatic carbocycles. The second-order valence-corrected chi connectivity index (χ2v) is 3.96. The van der Waals surface area contributed by atoms with Gasteiger partial charge in [0.25, 0.3) is 0 Å². The molecule has 0 fully saturated rings. The van der Waals surface area contributed by atoms with Crippen molar-refractivity contribution in [3.63, 3.8) is 0 Å². The third kappa shape index (κ3) is 4.18. The Labute approximate surface area is 110 Å². The number of carbonyl (C=O) groups is 1. The van der Waals surface area contributed by atoms with Crippen LogP contribution >= 0.6 is 11.6 Å². The summed E-state index contributed by atoms with van der Waals surface area (Å²) in [7, 11) is 0. The quantitative estimate of drug-likeness (QED) is 0.841. The average Bonchev–Trinajstić information content (AvgIpc) is 2.30. The standard InChI is InChI=1S/C7H4ClFO2.C7H8/c8-4-2-1-3-5(9)6(4)7(10)11;1-7-5-3-2-4-6-7/h1-3H,(H,10,11);2-6H,1H3. The van der Waals surface area contributed by atoms with Crippen molar-refractivity contribution in [3.05, 3.63) is 70.5 Å². The summed E-state index contributed by atoms with van der Waals surface area (Å²) < 4.78 is 12.6. The second kappa shape index (κ2) is 6.77. The molecule has 0 aliphatic heterocycles. The maximum absolute atomic E-state index is 12.6. The van der Waals surface area contributed by atoms with Gasteiger partial charge in [0.1, 0.15) is 11.4 Å². The molecule has 0 aromatic heterocycles. The predicted octanol–water partition coefficient (Wildman–Crippen LogP) is 4.17. The van der Waals surface area contributed by atoms with Crippen molar-refractivity contribution in [2.75, 3.05) is 0 Å². The first-order valence-corrected chi connectivity index (χ1v) is 5.59. The number of hydrogen-bond donors (Lipinski definition) is 1. The van der Waals surface area contributed by atoms with Gasteiger partial charge >= 0.3 is 5.97 Å². The Kier molecular flexibility index (Phi) is 5.33. The van der Waals surface area contributed by atoms with Crippen LogP contribution in [0.15, 0.2) is 48.5 Å². The Morgan fingerprint density at radius 1 is 1.11 bits per heavy atom. The monoisotopic (exact) mass is 266 g/mol. The molecule has 0 aliphatic carbocycles. The third-order valence-corrected chi connectivity index (χ3v) is 2.43. The Balaban J connectivity index is 0.000000199. The minimum atomic E-state index is -1.35. The summed E-state index contributed by atoms with van der Waals surface area (Å²) in [5.74, 6) is -2.17. The highest BCUT2D eigenvalue weighted by atomic mass is 35.5. The topological polar surface area (TPSA) is 37.3 Å². The highest BCUT2D eigenvalue weighted by molar-refractivity contribution is 6.33. The number of carboxylic acid groups (broad SMARTS) is 1. The Hall–Kier alpha value is -1.87. The molecule has 0 saturated heterocycles. The van der Waals surface area contributed by atoms with Crippen molar-refractivity contribution >= 4 is 17.6 Å². The van der Waals surface area contributed by atoms with Gasteiger partial charge in [0, 0.05) is 0 Å². The van der Waals surface area contributed by atoms with E-state index in [1.54, 1.807) is 0 Å². The van der Waals surface area contributed by atoms with E-state index in [4.69, 9.17) is 16.7 Å². The molecule has 0 amide bonds. The van der Waals surface area contributed by atoms with E-state index < -0.39 is 17.3 Å². The zero-order valence-corrected chi connectivity index (χ0v) is 10.5. The third-order valence-electron chi connectivity index (χ3n) is 2.12. The molecule has 0 unspecified atom stereocenters. The van der Waals surface area contributed by atoms with E-state index in [2.05, 4.69) is 19.1 Å². The van der Waals surface area contributed by atoms with Gasteiger partial charge in [0.05, 0.1) is 5.02 Å². The summed E-state index contributed by atoms with van der Waals surface area (Å²) >= 11 is 5.40. The lowest BCUT2D eigenvalue weighted by molar-refractivity contribution is 0.0692. The second-order valence-electron chi connectivity index (χ2n) is 3.56. The van der Waals surface area contributed by atoms with E-state index in [-0.39, 0.29) is 5.02 Å². The molecule has 2 rings (SSSR count). The van der Waals surface area contributed by atoms with E-state index >= 15 is 0 Å². The SMILES string of the molecule is Cc1ccccc1.O=C(O)c1c(F)cccc1Cl. The molecule has 2 aromatic rings. The van der Waals surface area contributed by atoms with Gasteiger partial charge in [0.15, 0.2) is 0 Å². The van der Waals surface area contributed by atoms with Crippen LogP contribution in [0.3, 0.4) is 0 Å². The summed E-state index contributed by atoms with van der Waals surface area (Å²) in [6.45, 7) is 2.08. The molecule has 18 heavy (non-hydrogen) atoms. The van der Waals surface area contributed by atoms with E-state index in [1.165, 1.54) is 17.7 Å². The van der Waals surface area contributed by atoms with Crippen LogP contribution in [-0.2, 0) is 0 Å². The van der Waals surface area contributed by atoms with Gasteiger partial charge in [-0.25, -0.2) is 9.18 Å². The smallest absolute Gasteiger partial charge is 0.340 e. The first-order valence-electron chi connectivity index (χ1n) is 5.21. The van der Waals surface area contributed by atoms with Crippen LogP contribution in [0, 0.1) is 12.7 Å². The highest BCUT2D eigenvalue weighted by Gasteiger charge is 2.13. The van der Waals surface area contributed by atoms with Crippen molar-refractivity contribution in [1.29, 1.82) is 0 Å². The lowest BCUT2D eigenvalue weighted by Crippen LogP contribution is -2.00. The van der Waals surface area contributed by atoms with E-state index in [9.17, 15) is 9.18 Å². The van der Waals surface area contributed by atoms with E-state index in [0.29, 0.717) is 0 Å². The van der Waals surface area contributed by atoms with Gasteiger partial charge in [-0.3, -0.25) is 0 Å². The minimum Gasteiger partial charge on any atom is -0.478 e. The lowest BCUT2D eigenvalue weighted by Gasteiger charge is -1.97. The molecule has 0 aliphatic rings. The zero-order chi connectivity index (χ0) is 13.5. The van der Waals surface area contributed by atoms with Crippen LogP contribution in [0.1, 0.15) is 15.9 Å². The highest BCUT2D eigenvalue weighted by Crippen LogP contribution is 2.18. The van der Waals surface area contributed by atoms with Crippen LogP contribution in [0.4, 0.5) is 4.39 Å². The average molecular weight is 267 g/mol. The van der Waals surface area contributed by atoms with E-state index in [1.807, 2.05) is 18.2 Å². The molecule has 0 saturated carbocycles. The predicted molar refractivity (Wildman–Crippen MR) is 69.5 cm³/mol. The number of carboxylic acids is 1. The normalized spacial score (nSPS) is 9.28. The molecule has 1 N–H and O–H groups in total. The van der Waals surface area contributed by atoms with Crippen LogP contribution in [0.5, 0.6) is 0 Å². The molecular weight excluding hydrogens is 255 g/mol. The zero-order valence-electron chi connectivity index (χ0n) is 9.73. The fourth-order valence-corrected chi connectivity index (χ4v) is 1.48. The largest absolute Gasteiger partial charge is 0.478 e. The molecule has 0 bridgehead atoms. The molecule has 0 spiro atoms. The van der Waals surface area contributed by atoms with Gasteiger partial charge in [-0.05, 0) is 19.1 Å². The van der Waals surface area contributed by atoms with Gasteiger partial charge in [-0.15, -0.1) is 0 Å². The number of halogens is 2. The minimum absolute atomic E-state index is 0.0856. The molecule has 0 atom stereocenters. The first kappa shape index (κ1) is 14.2. The van der Waals surface area contributed by atoms with Gasteiger partial charge in [-0.2, -0.15) is 0 Å². The number of aromatic carboxylic acids is 1. The number of aryl methyl sites for hydroxylation is 1. The fraction of sp³-hybridized carbons (Fsp3) is 0.0714.